The van der Waals surface area contributed by atoms with Gasteiger partial charge in [-0.1, -0.05) is 26.0 Å². The summed E-state index contributed by atoms with van der Waals surface area (Å²) in [6.45, 7) is 9.11. The third kappa shape index (κ3) is 4.65. The highest BCUT2D eigenvalue weighted by atomic mass is 16.5. The van der Waals surface area contributed by atoms with Crippen LogP contribution < -0.4 is 4.74 Å². The van der Waals surface area contributed by atoms with Crippen LogP contribution in [-0.2, 0) is 11.3 Å². The van der Waals surface area contributed by atoms with Gasteiger partial charge < -0.3 is 14.2 Å². The molecule has 140 valence electrons. The van der Waals surface area contributed by atoms with E-state index in [-0.39, 0.29) is 12.5 Å². The summed E-state index contributed by atoms with van der Waals surface area (Å²) in [4.78, 5) is 18.8. The van der Waals surface area contributed by atoms with Gasteiger partial charge in [0.15, 0.2) is 6.61 Å². The predicted octanol–water partition coefficient (Wildman–Crippen LogP) is 3.63. The summed E-state index contributed by atoms with van der Waals surface area (Å²) in [6.07, 6.45) is 6.02. The van der Waals surface area contributed by atoms with Gasteiger partial charge in [0, 0.05) is 37.9 Å². The zero-order valence-corrected chi connectivity index (χ0v) is 16.0. The number of hydrogen-bond donors (Lipinski definition) is 0. The van der Waals surface area contributed by atoms with Crippen molar-refractivity contribution in [2.45, 2.75) is 46.1 Å². The van der Waals surface area contributed by atoms with Crippen LogP contribution in [-0.4, -0.2) is 40.1 Å². The Morgan fingerprint density at radius 3 is 2.77 bits per heavy atom. The maximum atomic E-state index is 12.4. The quantitative estimate of drug-likeness (QED) is 0.795. The maximum Gasteiger partial charge on any atom is 0.260 e. The van der Waals surface area contributed by atoms with Gasteiger partial charge in [0.25, 0.3) is 5.91 Å². The summed E-state index contributed by atoms with van der Waals surface area (Å²) in [7, 11) is 0. The van der Waals surface area contributed by atoms with Gasteiger partial charge in [-0.3, -0.25) is 4.79 Å². The van der Waals surface area contributed by atoms with Crippen molar-refractivity contribution in [3.63, 3.8) is 0 Å². The second-order valence-electron chi connectivity index (χ2n) is 7.52. The monoisotopic (exact) mass is 355 g/mol. The average Bonchev–Trinajstić information content (AvgIpc) is 3.09. The molecule has 2 aromatic rings. The number of imidazole rings is 1. The standard InChI is InChI=1S/C21H29N3O2/c1-16(2)21-22-9-12-24(21)14-18-7-10-23(11-8-18)20(25)15-26-19-6-4-5-17(3)13-19/h4-6,9,12-13,16,18H,7-8,10-11,14-15H2,1-3H3. The Kier molecular flexibility index (Phi) is 5.96. The molecule has 1 fully saturated rings. The van der Waals surface area contributed by atoms with Crippen LogP contribution in [0.1, 0.15) is 44.0 Å². The fourth-order valence-electron chi connectivity index (χ4n) is 3.56. The molecular formula is C21H29N3O2. The Bertz CT molecular complexity index is 730. The number of aromatic nitrogens is 2. The lowest BCUT2D eigenvalue weighted by molar-refractivity contribution is -0.134. The van der Waals surface area contributed by atoms with Gasteiger partial charge in [0.2, 0.25) is 0 Å². The molecular weight excluding hydrogens is 326 g/mol. The third-order valence-corrected chi connectivity index (χ3v) is 5.04. The Balaban J connectivity index is 1.45. The Hall–Kier alpha value is -2.30. The molecule has 2 heterocycles. The fourth-order valence-corrected chi connectivity index (χ4v) is 3.56. The second-order valence-corrected chi connectivity index (χ2v) is 7.52. The highest BCUT2D eigenvalue weighted by Gasteiger charge is 2.24. The number of hydrogen-bond acceptors (Lipinski definition) is 3. The molecule has 0 radical (unpaired) electrons. The summed E-state index contributed by atoms with van der Waals surface area (Å²) >= 11 is 0. The van der Waals surface area contributed by atoms with Crippen molar-refractivity contribution in [2.75, 3.05) is 19.7 Å². The van der Waals surface area contributed by atoms with Gasteiger partial charge in [-0.2, -0.15) is 0 Å². The number of rotatable bonds is 6. The molecule has 1 aliphatic heterocycles. The molecule has 0 unspecified atom stereocenters. The topological polar surface area (TPSA) is 47.4 Å². The second kappa shape index (κ2) is 8.39. The number of amides is 1. The number of nitrogens with zero attached hydrogens (tertiary/aromatic N) is 3. The molecule has 0 saturated carbocycles. The number of carbonyl (C=O) groups excluding carboxylic acids is 1. The molecule has 0 aliphatic carbocycles. The van der Waals surface area contributed by atoms with E-state index in [9.17, 15) is 4.79 Å². The van der Waals surface area contributed by atoms with E-state index < -0.39 is 0 Å². The minimum absolute atomic E-state index is 0.0791. The number of benzene rings is 1. The van der Waals surface area contributed by atoms with Gasteiger partial charge >= 0.3 is 0 Å². The first-order chi connectivity index (χ1) is 12.5. The zero-order chi connectivity index (χ0) is 18.5. The highest BCUT2D eigenvalue weighted by Crippen LogP contribution is 2.22. The molecule has 5 heteroatoms. The van der Waals surface area contributed by atoms with Gasteiger partial charge in [-0.25, -0.2) is 4.98 Å². The van der Waals surface area contributed by atoms with Crippen molar-refractivity contribution >= 4 is 5.91 Å². The van der Waals surface area contributed by atoms with Gasteiger partial charge in [-0.15, -0.1) is 0 Å². The molecule has 1 aliphatic rings. The number of likely N-dealkylation sites (tertiary alicyclic amines) is 1. The molecule has 1 amide bonds. The third-order valence-electron chi connectivity index (χ3n) is 5.04. The summed E-state index contributed by atoms with van der Waals surface area (Å²) in [5.74, 6) is 3.02. The molecule has 3 rings (SSSR count). The van der Waals surface area contributed by atoms with Crippen LogP contribution in [0.2, 0.25) is 0 Å². The Morgan fingerprint density at radius 1 is 1.31 bits per heavy atom. The van der Waals surface area contributed by atoms with Crippen molar-refractivity contribution in [2.24, 2.45) is 5.92 Å². The highest BCUT2D eigenvalue weighted by molar-refractivity contribution is 5.77. The van der Waals surface area contributed by atoms with Crippen LogP contribution in [0.15, 0.2) is 36.7 Å². The summed E-state index contributed by atoms with van der Waals surface area (Å²) in [5, 5.41) is 0. The summed E-state index contributed by atoms with van der Waals surface area (Å²) in [6, 6.07) is 7.81. The van der Waals surface area contributed by atoms with Crippen LogP contribution in [0.4, 0.5) is 0 Å². The molecule has 1 saturated heterocycles. The van der Waals surface area contributed by atoms with Crippen LogP contribution >= 0.6 is 0 Å². The minimum Gasteiger partial charge on any atom is -0.484 e. The van der Waals surface area contributed by atoms with E-state index in [1.807, 2.05) is 42.3 Å². The van der Waals surface area contributed by atoms with Crippen LogP contribution in [0, 0.1) is 12.8 Å². The molecule has 1 aromatic carbocycles. The van der Waals surface area contributed by atoms with E-state index in [0.29, 0.717) is 11.8 Å². The first-order valence-electron chi connectivity index (χ1n) is 9.51. The molecule has 0 bridgehead atoms. The van der Waals surface area contributed by atoms with Crippen molar-refractivity contribution in [1.29, 1.82) is 0 Å². The molecule has 0 N–H and O–H groups in total. The van der Waals surface area contributed by atoms with Gasteiger partial charge in [0.05, 0.1) is 0 Å². The van der Waals surface area contributed by atoms with Crippen molar-refractivity contribution in [3.8, 4) is 5.75 Å². The fraction of sp³-hybridized carbons (Fsp3) is 0.524. The number of aryl methyl sites for hydroxylation is 1. The first-order valence-corrected chi connectivity index (χ1v) is 9.51. The lowest BCUT2D eigenvalue weighted by atomic mass is 9.96. The van der Waals surface area contributed by atoms with E-state index >= 15 is 0 Å². The van der Waals surface area contributed by atoms with E-state index in [2.05, 4.69) is 29.6 Å². The lowest BCUT2D eigenvalue weighted by Crippen LogP contribution is -2.41. The van der Waals surface area contributed by atoms with Crippen molar-refractivity contribution in [3.05, 3.63) is 48.0 Å². The predicted molar refractivity (Wildman–Crippen MR) is 102 cm³/mol. The van der Waals surface area contributed by atoms with Gasteiger partial charge in [-0.05, 0) is 43.4 Å². The smallest absolute Gasteiger partial charge is 0.260 e. The summed E-state index contributed by atoms with van der Waals surface area (Å²) < 4.78 is 7.92. The number of ether oxygens (including phenoxy) is 1. The van der Waals surface area contributed by atoms with Crippen LogP contribution in [0.25, 0.3) is 0 Å². The molecule has 1 aromatic heterocycles. The molecule has 0 atom stereocenters. The Labute approximate surface area is 156 Å². The number of carbonyl (C=O) groups is 1. The zero-order valence-electron chi connectivity index (χ0n) is 16.0. The van der Waals surface area contributed by atoms with Crippen molar-refractivity contribution in [1.82, 2.24) is 14.5 Å². The van der Waals surface area contributed by atoms with E-state index in [0.717, 1.165) is 49.6 Å². The molecule has 5 nitrogen and oxygen atoms in total. The largest absolute Gasteiger partial charge is 0.484 e. The first kappa shape index (κ1) is 18.5. The SMILES string of the molecule is Cc1cccc(OCC(=O)N2CCC(Cn3ccnc3C(C)C)CC2)c1. The lowest BCUT2D eigenvalue weighted by Gasteiger charge is -2.32. The average molecular weight is 355 g/mol. The number of piperidine rings is 1. The summed E-state index contributed by atoms with van der Waals surface area (Å²) in [5.41, 5.74) is 1.14. The van der Waals surface area contributed by atoms with Gasteiger partial charge in [0.1, 0.15) is 11.6 Å². The van der Waals surface area contributed by atoms with E-state index in [1.54, 1.807) is 0 Å². The van der Waals surface area contributed by atoms with E-state index in [1.165, 1.54) is 0 Å². The maximum absolute atomic E-state index is 12.4. The molecule has 26 heavy (non-hydrogen) atoms. The van der Waals surface area contributed by atoms with Crippen LogP contribution in [0.3, 0.4) is 0 Å². The molecule has 0 spiro atoms. The normalized spacial score (nSPS) is 15.5. The Morgan fingerprint density at radius 2 is 2.08 bits per heavy atom. The van der Waals surface area contributed by atoms with E-state index in [4.69, 9.17) is 4.74 Å². The van der Waals surface area contributed by atoms with Crippen LogP contribution in [0.5, 0.6) is 5.75 Å². The van der Waals surface area contributed by atoms with Crippen molar-refractivity contribution < 1.29 is 9.53 Å². The minimum atomic E-state index is 0.0791.